The van der Waals surface area contributed by atoms with E-state index in [4.69, 9.17) is 10.2 Å². The second kappa shape index (κ2) is 4.54. The Morgan fingerprint density at radius 1 is 1.50 bits per heavy atom. The lowest BCUT2D eigenvalue weighted by atomic mass is 9.95. The Bertz CT molecular complexity index is 151. The van der Waals surface area contributed by atoms with Crippen molar-refractivity contribution in [3.05, 3.63) is 0 Å². The molecule has 0 bridgehead atoms. The molecule has 0 fully saturated rings. The largest absolute Gasteiger partial charge is 0.382 e. The molecule has 0 spiro atoms. The van der Waals surface area contributed by atoms with E-state index in [0.717, 1.165) is 0 Å². The Kier molecular flexibility index (Phi) is 4.37. The lowest BCUT2D eigenvalue weighted by molar-refractivity contribution is -0.134. The highest BCUT2D eigenvalue weighted by molar-refractivity contribution is 5.84. The summed E-state index contributed by atoms with van der Waals surface area (Å²) in [6.07, 6.45) is -0.485. The van der Waals surface area contributed by atoms with Crippen LogP contribution in [0.2, 0.25) is 0 Å². The maximum atomic E-state index is 10.8. The molecule has 72 valence electrons. The van der Waals surface area contributed by atoms with Crippen molar-refractivity contribution in [1.82, 2.24) is 0 Å². The highest BCUT2D eigenvalue weighted by Gasteiger charge is 2.25. The van der Waals surface area contributed by atoms with Crippen molar-refractivity contribution in [2.45, 2.75) is 45.0 Å². The number of ketones is 1. The highest BCUT2D eigenvalue weighted by atomic mass is 16.5. The van der Waals surface area contributed by atoms with Crippen molar-refractivity contribution in [3.8, 4) is 0 Å². The first-order valence-electron chi connectivity index (χ1n) is 3.96. The topological polar surface area (TPSA) is 77.8 Å². The molecule has 3 N–H and O–H groups in total. The number of Topliss-reactive ketones (excluding diaryl/α,β-unsaturated/α-hetero) is 1. The molecule has 4 nitrogen and oxygen atoms in total. The Morgan fingerprint density at radius 3 is 2.33 bits per heavy atom. The minimum Gasteiger partial charge on any atom is -0.382 e. The summed E-state index contributed by atoms with van der Waals surface area (Å²) in [5, 5.41) is 26.3. The molecule has 0 rings (SSSR count). The third kappa shape index (κ3) is 4.43. The molecule has 1 atom stereocenters. The van der Waals surface area contributed by atoms with Crippen LogP contribution in [0.25, 0.3) is 0 Å². The molecule has 0 amide bonds. The summed E-state index contributed by atoms with van der Waals surface area (Å²) in [4.78, 5) is 10.8. The van der Waals surface area contributed by atoms with Crippen molar-refractivity contribution in [3.63, 3.8) is 0 Å². The molecule has 1 unspecified atom stereocenters. The van der Waals surface area contributed by atoms with E-state index >= 15 is 0 Å². The molecule has 0 aromatic heterocycles. The minimum absolute atomic E-state index is 0.184. The summed E-state index contributed by atoms with van der Waals surface area (Å²) in [7, 11) is 0. The van der Waals surface area contributed by atoms with Gasteiger partial charge in [0.15, 0.2) is 12.1 Å². The molecule has 0 aliphatic heterocycles. The molecule has 0 radical (unpaired) electrons. The summed E-state index contributed by atoms with van der Waals surface area (Å²) >= 11 is 0. The fourth-order valence-corrected chi connectivity index (χ4v) is 0.805. The smallest absolute Gasteiger partial charge is 0.160 e. The fraction of sp³-hybridized carbons (Fsp3) is 0.875. The zero-order valence-electron chi connectivity index (χ0n) is 7.45. The lowest BCUT2D eigenvalue weighted by Crippen LogP contribution is -2.33. The van der Waals surface area contributed by atoms with Crippen LogP contribution in [0, 0.1) is 0 Å². The lowest BCUT2D eigenvalue weighted by Gasteiger charge is -2.19. The van der Waals surface area contributed by atoms with E-state index in [2.05, 4.69) is 0 Å². The van der Waals surface area contributed by atoms with Crippen molar-refractivity contribution in [2.75, 3.05) is 0 Å². The van der Waals surface area contributed by atoms with Crippen molar-refractivity contribution < 1.29 is 20.1 Å². The summed E-state index contributed by atoms with van der Waals surface area (Å²) in [5.41, 5.74) is -1.32. The van der Waals surface area contributed by atoms with Crippen LogP contribution in [0.1, 0.15) is 33.1 Å². The monoisotopic (exact) mass is 176 g/mol. The van der Waals surface area contributed by atoms with Crippen LogP contribution >= 0.6 is 0 Å². The van der Waals surface area contributed by atoms with E-state index in [0.29, 0.717) is 6.42 Å². The predicted molar refractivity (Wildman–Crippen MR) is 43.4 cm³/mol. The fourth-order valence-electron chi connectivity index (χ4n) is 0.805. The van der Waals surface area contributed by atoms with Crippen LogP contribution in [-0.4, -0.2) is 33.0 Å². The summed E-state index contributed by atoms with van der Waals surface area (Å²) in [6.45, 7) is 2.74. The average Bonchev–Trinajstić information content (AvgIpc) is 1.85. The molecule has 0 aliphatic carbocycles. The highest BCUT2D eigenvalue weighted by Crippen LogP contribution is 2.14. The predicted octanol–water partition coefficient (Wildman–Crippen LogP) is -0.193. The van der Waals surface area contributed by atoms with Crippen LogP contribution in [0.15, 0.2) is 0 Å². The molecule has 0 saturated heterocycles. The van der Waals surface area contributed by atoms with Gasteiger partial charge in [0.1, 0.15) is 5.60 Å². The van der Waals surface area contributed by atoms with E-state index in [9.17, 15) is 9.90 Å². The number of aliphatic hydroxyl groups is 3. The van der Waals surface area contributed by atoms with E-state index in [-0.39, 0.29) is 18.6 Å². The van der Waals surface area contributed by atoms with Gasteiger partial charge in [0.05, 0.1) is 0 Å². The number of carbonyl (C=O) groups excluding carboxylic acids is 1. The van der Waals surface area contributed by atoms with Crippen LogP contribution in [0.5, 0.6) is 0 Å². The number of carbonyl (C=O) groups is 1. The SMILES string of the molecule is CC(=O)C(C)(O)CCCC(O)O. The molecule has 4 heteroatoms. The Hall–Kier alpha value is -0.450. The maximum Gasteiger partial charge on any atom is 0.160 e. The van der Waals surface area contributed by atoms with Gasteiger partial charge in [-0.15, -0.1) is 0 Å². The number of hydrogen-bond acceptors (Lipinski definition) is 4. The Labute approximate surface area is 71.8 Å². The molecular weight excluding hydrogens is 160 g/mol. The van der Waals surface area contributed by atoms with Gasteiger partial charge in [-0.3, -0.25) is 4.79 Å². The van der Waals surface area contributed by atoms with Crippen molar-refractivity contribution in [2.24, 2.45) is 0 Å². The van der Waals surface area contributed by atoms with E-state index < -0.39 is 11.9 Å². The molecule has 0 saturated carbocycles. The normalized spacial score (nSPS) is 16.2. The van der Waals surface area contributed by atoms with Crippen LogP contribution in [0.4, 0.5) is 0 Å². The maximum absolute atomic E-state index is 10.8. The number of hydrogen-bond donors (Lipinski definition) is 3. The van der Waals surface area contributed by atoms with Gasteiger partial charge in [-0.1, -0.05) is 0 Å². The minimum atomic E-state index is -1.35. The second-order valence-electron chi connectivity index (χ2n) is 3.20. The Balaban J connectivity index is 3.69. The van der Waals surface area contributed by atoms with Gasteiger partial charge in [0, 0.05) is 0 Å². The molecule has 0 heterocycles. The van der Waals surface area contributed by atoms with Gasteiger partial charge < -0.3 is 15.3 Å². The summed E-state index contributed by atoms with van der Waals surface area (Å²) in [5.74, 6) is -0.296. The molecule has 12 heavy (non-hydrogen) atoms. The van der Waals surface area contributed by atoms with Crippen LogP contribution in [-0.2, 0) is 4.79 Å². The molecule has 0 aromatic carbocycles. The molecular formula is C8H16O4. The molecule has 0 aromatic rings. The zero-order chi connectivity index (χ0) is 9.78. The van der Waals surface area contributed by atoms with Crippen molar-refractivity contribution >= 4 is 5.78 Å². The van der Waals surface area contributed by atoms with Crippen molar-refractivity contribution in [1.29, 1.82) is 0 Å². The first kappa shape index (κ1) is 11.6. The number of aliphatic hydroxyl groups excluding tert-OH is 1. The first-order chi connectivity index (χ1) is 5.36. The van der Waals surface area contributed by atoms with E-state index in [1.54, 1.807) is 0 Å². The van der Waals surface area contributed by atoms with E-state index in [1.807, 2.05) is 0 Å². The quantitative estimate of drug-likeness (QED) is 0.507. The molecule has 0 aliphatic rings. The van der Waals surface area contributed by atoms with Gasteiger partial charge in [0.25, 0.3) is 0 Å². The van der Waals surface area contributed by atoms with E-state index in [1.165, 1.54) is 13.8 Å². The van der Waals surface area contributed by atoms with Crippen LogP contribution in [0.3, 0.4) is 0 Å². The van der Waals surface area contributed by atoms with Gasteiger partial charge in [-0.25, -0.2) is 0 Å². The summed E-state index contributed by atoms with van der Waals surface area (Å²) in [6, 6.07) is 0. The second-order valence-corrected chi connectivity index (χ2v) is 3.20. The van der Waals surface area contributed by atoms with Gasteiger partial charge >= 0.3 is 0 Å². The number of rotatable bonds is 5. The summed E-state index contributed by atoms with van der Waals surface area (Å²) < 4.78 is 0. The van der Waals surface area contributed by atoms with Gasteiger partial charge in [-0.2, -0.15) is 0 Å². The Morgan fingerprint density at radius 2 is 2.00 bits per heavy atom. The van der Waals surface area contributed by atoms with Gasteiger partial charge in [-0.05, 0) is 33.1 Å². The van der Waals surface area contributed by atoms with Gasteiger partial charge in [0.2, 0.25) is 0 Å². The third-order valence-corrected chi connectivity index (χ3v) is 1.88. The van der Waals surface area contributed by atoms with Crippen LogP contribution < -0.4 is 0 Å². The standard InChI is InChI=1S/C8H16O4/c1-6(9)8(2,12)5-3-4-7(10)11/h7,10-12H,3-5H2,1-2H3. The average molecular weight is 176 g/mol. The first-order valence-corrected chi connectivity index (χ1v) is 3.96. The zero-order valence-corrected chi connectivity index (χ0v) is 7.45. The third-order valence-electron chi connectivity index (χ3n) is 1.88.